The van der Waals surface area contributed by atoms with E-state index >= 15 is 0 Å². The number of hydrogen-bond acceptors (Lipinski definition) is 9. The van der Waals surface area contributed by atoms with E-state index in [1.54, 1.807) is 12.1 Å². The maximum Gasteiger partial charge on any atom is 0.283 e. The number of nitrogens with two attached hydrogens (primary N) is 1. The Morgan fingerprint density at radius 1 is 1.05 bits per heavy atom. The van der Waals surface area contributed by atoms with Gasteiger partial charge in [-0.3, -0.25) is 0 Å². The maximum absolute atomic E-state index is 5.47. The lowest BCUT2D eigenvalue weighted by Crippen LogP contribution is -1.95. The van der Waals surface area contributed by atoms with Crippen LogP contribution >= 0.6 is 27.7 Å². The van der Waals surface area contributed by atoms with Gasteiger partial charge < -0.3 is 19.0 Å². The SMILES string of the molecule is NCc1nnc(SCc2nnc(-c3ccc(Br)o3)o2)o1. The van der Waals surface area contributed by atoms with Crippen molar-refractivity contribution >= 4 is 27.7 Å². The quantitative estimate of drug-likeness (QED) is 0.685. The number of rotatable bonds is 5. The van der Waals surface area contributed by atoms with E-state index in [0.29, 0.717) is 39.1 Å². The number of halogens is 1. The van der Waals surface area contributed by atoms with E-state index in [1.807, 2.05) is 0 Å². The molecule has 0 saturated carbocycles. The van der Waals surface area contributed by atoms with Crippen molar-refractivity contribution in [3.63, 3.8) is 0 Å². The zero-order valence-electron chi connectivity index (χ0n) is 9.95. The van der Waals surface area contributed by atoms with E-state index in [9.17, 15) is 0 Å². The summed E-state index contributed by atoms with van der Waals surface area (Å²) < 4.78 is 16.6. The molecule has 0 bridgehead atoms. The Morgan fingerprint density at radius 3 is 2.60 bits per heavy atom. The summed E-state index contributed by atoms with van der Waals surface area (Å²) in [6.45, 7) is 0.214. The molecule has 0 unspecified atom stereocenters. The van der Waals surface area contributed by atoms with Crippen molar-refractivity contribution in [2.75, 3.05) is 0 Å². The van der Waals surface area contributed by atoms with Gasteiger partial charge in [0, 0.05) is 0 Å². The molecule has 0 radical (unpaired) electrons. The van der Waals surface area contributed by atoms with Crippen molar-refractivity contribution in [3.8, 4) is 11.7 Å². The van der Waals surface area contributed by atoms with Crippen LogP contribution in [0.25, 0.3) is 11.7 Å². The van der Waals surface area contributed by atoms with Crippen molar-refractivity contribution < 1.29 is 13.3 Å². The van der Waals surface area contributed by atoms with Crippen molar-refractivity contribution in [3.05, 3.63) is 28.6 Å². The predicted molar refractivity (Wildman–Crippen MR) is 71.5 cm³/mol. The smallest absolute Gasteiger partial charge is 0.283 e. The Balaban J connectivity index is 1.65. The molecule has 2 N–H and O–H groups in total. The van der Waals surface area contributed by atoms with Crippen LogP contribution in [0.15, 0.2) is 35.3 Å². The van der Waals surface area contributed by atoms with Crippen molar-refractivity contribution in [1.82, 2.24) is 20.4 Å². The summed E-state index contributed by atoms with van der Waals surface area (Å²) in [7, 11) is 0. The summed E-state index contributed by atoms with van der Waals surface area (Å²) in [6, 6.07) is 3.49. The van der Waals surface area contributed by atoms with E-state index in [1.165, 1.54) is 11.8 Å². The van der Waals surface area contributed by atoms with Gasteiger partial charge >= 0.3 is 0 Å². The number of thioether (sulfide) groups is 1. The molecule has 0 fully saturated rings. The van der Waals surface area contributed by atoms with Crippen LogP contribution in [0.1, 0.15) is 11.8 Å². The largest absolute Gasteiger partial charge is 0.444 e. The van der Waals surface area contributed by atoms with E-state index in [-0.39, 0.29) is 6.54 Å². The molecular formula is C10H8BrN5O3S. The highest BCUT2D eigenvalue weighted by Gasteiger charge is 2.13. The third kappa shape index (κ3) is 2.92. The minimum absolute atomic E-state index is 0.214. The monoisotopic (exact) mass is 357 g/mol. The molecule has 0 spiro atoms. The number of furan rings is 1. The summed E-state index contributed by atoms with van der Waals surface area (Å²) in [4.78, 5) is 0. The highest BCUT2D eigenvalue weighted by atomic mass is 79.9. The Hall–Kier alpha value is -1.65. The third-order valence-corrected chi connectivity index (χ3v) is 3.42. The molecule has 0 aromatic carbocycles. The molecule has 20 heavy (non-hydrogen) atoms. The molecule has 3 aromatic rings. The first-order valence-corrected chi connectivity index (χ1v) is 7.26. The van der Waals surface area contributed by atoms with E-state index in [2.05, 4.69) is 36.3 Å². The van der Waals surface area contributed by atoms with Crippen LogP contribution in [0.3, 0.4) is 0 Å². The lowest BCUT2D eigenvalue weighted by Gasteiger charge is -1.90. The average molecular weight is 358 g/mol. The van der Waals surface area contributed by atoms with Crippen molar-refractivity contribution in [2.24, 2.45) is 5.73 Å². The van der Waals surface area contributed by atoms with Crippen LogP contribution in [0.2, 0.25) is 0 Å². The van der Waals surface area contributed by atoms with Gasteiger partial charge in [-0.1, -0.05) is 11.8 Å². The first-order valence-electron chi connectivity index (χ1n) is 5.48. The molecule has 0 aliphatic heterocycles. The minimum atomic E-state index is 0.214. The van der Waals surface area contributed by atoms with E-state index < -0.39 is 0 Å². The molecule has 3 aromatic heterocycles. The van der Waals surface area contributed by atoms with E-state index in [4.69, 9.17) is 19.0 Å². The molecule has 0 amide bonds. The fraction of sp³-hybridized carbons (Fsp3) is 0.200. The first kappa shape index (κ1) is 13.3. The molecule has 3 rings (SSSR count). The average Bonchev–Trinajstić information content (AvgIpc) is 3.16. The van der Waals surface area contributed by atoms with Gasteiger partial charge in [0.15, 0.2) is 10.4 Å². The number of hydrogen-bond donors (Lipinski definition) is 1. The van der Waals surface area contributed by atoms with Gasteiger partial charge in [0.1, 0.15) is 0 Å². The van der Waals surface area contributed by atoms with Crippen LogP contribution in [0, 0.1) is 0 Å². The Kier molecular flexibility index (Phi) is 3.85. The van der Waals surface area contributed by atoms with Gasteiger partial charge in [-0.15, -0.1) is 20.4 Å². The van der Waals surface area contributed by atoms with Crippen LogP contribution < -0.4 is 5.73 Å². The fourth-order valence-corrected chi connectivity index (χ4v) is 2.27. The summed E-state index contributed by atoms with van der Waals surface area (Å²) >= 11 is 4.50. The standard InChI is InChI=1S/C10H8BrN5O3S/c11-6-2-1-5(17-6)9-15-14-8(18-9)4-20-10-16-13-7(3-12)19-10/h1-2H,3-4,12H2. The molecule has 3 heterocycles. The van der Waals surface area contributed by atoms with Gasteiger partial charge in [0.2, 0.25) is 11.8 Å². The molecule has 0 saturated heterocycles. The number of nitrogens with zero attached hydrogens (tertiary/aromatic N) is 4. The normalized spacial score (nSPS) is 11.1. The zero-order chi connectivity index (χ0) is 13.9. The van der Waals surface area contributed by atoms with Crippen LogP contribution in [0.4, 0.5) is 0 Å². The lowest BCUT2D eigenvalue weighted by atomic mass is 10.5. The fourth-order valence-electron chi connectivity index (χ4n) is 1.34. The van der Waals surface area contributed by atoms with Gasteiger partial charge in [-0.2, -0.15) is 0 Å². The van der Waals surface area contributed by atoms with Crippen LogP contribution in [-0.4, -0.2) is 20.4 Å². The zero-order valence-corrected chi connectivity index (χ0v) is 12.3. The third-order valence-electron chi connectivity index (χ3n) is 2.19. The van der Waals surface area contributed by atoms with Gasteiger partial charge in [0.25, 0.3) is 11.1 Å². The molecule has 0 aliphatic carbocycles. The molecule has 104 valence electrons. The van der Waals surface area contributed by atoms with E-state index in [0.717, 1.165) is 0 Å². The molecule has 8 nitrogen and oxygen atoms in total. The Morgan fingerprint density at radius 2 is 1.90 bits per heavy atom. The summed E-state index contributed by atoms with van der Waals surface area (Å²) in [5.41, 5.74) is 5.38. The second-order valence-electron chi connectivity index (χ2n) is 3.56. The Bertz CT molecular complexity index is 709. The first-order chi connectivity index (χ1) is 9.74. The minimum Gasteiger partial charge on any atom is -0.444 e. The van der Waals surface area contributed by atoms with Gasteiger partial charge in [-0.25, -0.2) is 0 Å². The lowest BCUT2D eigenvalue weighted by molar-refractivity contribution is 0.414. The molecule has 0 atom stereocenters. The molecular weight excluding hydrogens is 350 g/mol. The van der Waals surface area contributed by atoms with Crippen LogP contribution in [-0.2, 0) is 12.3 Å². The second kappa shape index (κ2) is 5.77. The summed E-state index contributed by atoms with van der Waals surface area (Å²) in [5.74, 6) is 2.06. The second-order valence-corrected chi connectivity index (χ2v) is 5.27. The maximum atomic E-state index is 5.47. The van der Waals surface area contributed by atoms with Gasteiger partial charge in [-0.05, 0) is 28.1 Å². The van der Waals surface area contributed by atoms with Crippen molar-refractivity contribution in [1.29, 1.82) is 0 Å². The number of aromatic nitrogens is 4. The summed E-state index contributed by atoms with van der Waals surface area (Å²) in [5, 5.41) is 15.8. The predicted octanol–water partition coefficient (Wildman–Crippen LogP) is 2.23. The molecule has 10 heteroatoms. The molecule has 0 aliphatic rings. The Labute approximate surface area is 125 Å². The van der Waals surface area contributed by atoms with Gasteiger partial charge in [0.05, 0.1) is 12.3 Å². The summed E-state index contributed by atoms with van der Waals surface area (Å²) in [6.07, 6.45) is 0. The topological polar surface area (TPSA) is 117 Å². The van der Waals surface area contributed by atoms with Crippen molar-refractivity contribution in [2.45, 2.75) is 17.5 Å². The van der Waals surface area contributed by atoms with Crippen LogP contribution in [0.5, 0.6) is 0 Å². The highest BCUT2D eigenvalue weighted by Crippen LogP contribution is 2.26. The highest BCUT2D eigenvalue weighted by molar-refractivity contribution is 9.10.